The van der Waals surface area contributed by atoms with E-state index in [1.165, 1.54) is 0 Å². The monoisotopic (exact) mass is 501 g/mol. The number of carbonyl (C=O) groups excluding carboxylic acids is 1. The molecule has 0 saturated heterocycles. The highest BCUT2D eigenvalue weighted by atomic mass is 16.5. The number of fused-ring (bicyclic) bond motifs is 1. The van der Waals surface area contributed by atoms with E-state index >= 15 is 0 Å². The Balaban J connectivity index is 1.27. The van der Waals surface area contributed by atoms with E-state index in [-0.39, 0.29) is 5.91 Å². The Labute approximate surface area is 218 Å². The third-order valence-corrected chi connectivity index (χ3v) is 6.17. The maximum atomic E-state index is 12.3. The summed E-state index contributed by atoms with van der Waals surface area (Å²) in [5.41, 5.74) is 2.76. The quantitative estimate of drug-likeness (QED) is 0.226. The van der Waals surface area contributed by atoms with E-state index in [1.54, 1.807) is 31.4 Å². The first kappa shape index (κ1) is 26.1. The largest absolute Gasteiger partial charge is 0.497 e. The molecule has 3 aromatic carbocycles. The molecule has 0 fully saturated rings. The zero-order valence-electron chi connectivity index (χ0n) is 21.6. The Kier molecular flexibility index (Phi) is 9.41. The predicted octanol–water partition coefficient (Wildman–Crippen LogP) is 5.67. The first-order chi connectivity index (χ1) is 18.2. The van der Waals surface area contributed by atoms with Crippen LogP contribution in [-0.2, 0) is 13.0 Å². The Bertz CT molecular complexity index is 1280. The number of nitrogens with one attached hydrogen (secondary N) is 1. The van der Waals surface area contributed by atoms with E-state index in [2.05, 4.69) is 22.0 Å². The van der Waals surface area contributed by atoms with Gasteiger partial charge in [0.25, 0.3) is 5.91 Å². The third-order valence-electron chi connectivity index (χ3n) is 6.17. The predicted molar refractivity (Wildman–Crippen MR) is 146 cm³/mol. The molecule has 0 bridgehead atoms. The number of imidazole rings is 1. The number of carbonyl (C=O) groups is 1. The van der Waals surface area contributed by atoms with Crippen molar-refractivity contribution >= 4 is 16.9 Å². The van der Waals surface area contributed by atoms with Crippen molar-refractivity contribution in [3.8, 4) is 17.2 Å². The maximum absolute atomic E-state index is 12.3. The van der Waals surface area contributed by atoms with Crippen LogP contribution in [-0.4, -0.2) is 42.3 Å². The highest BCUT2D eigenvalue weighted by molar-refractivity contribution is 5.94. The van der Waals surface area contributed by atoms with Crippen molar-refractivity contribution in [2.45, 2.75) is 39.2 Å². The van der Waals surface area contributed by atoms with Gasteiger partial charge in [-0.25, -0.2) is 4.98 Å². The highest BCUT2D eigenvalue weighted by Gasteiger charge is 2.11. The van der Waals surface area contributed by atoms with Crippen LogP contribution < -0.4 is 19.5 Å². The summed E-state index contributed by atoms with van der Waals surface area (Å²) in [6.45, 7) is 4.44. The summed E-state index contributed by atoms with van der Waals surface area (Å²) in [6.07, 6.45) is 3.79. The van der Waals surface area contributed by atoms with Gasteiger partial charge in [-0.1, -0.05) is 30.7 Å². The second-order valence-corrected chi connectivity index (χ2v) is 8.69. The first-order valence-electron chi connectivity index (χ1n) is 12.9. The molecule has 0 aliphatic carbocycles. The van der Waals surface area contributed by atoms with Gasteiger partial charge in [0.2, 0.25) is 0 Å². The average Bonchev–Trinajstić information content (AvgIpc) is 3.29. The fourth-order valence-corrected chi connectivity index (χ4v) is 4.29. The van der Waals surface area contributed by atoms with Gasteiger partial charge in [-0.05, 0) is 68.3 Å². The number of hydrogen-bond acceptors (Lipinski definition) is 5. The molecular weight excluding hydrogens is 466 g/mol. The summed E-state index contributed by atoms with van der Waals surface area (Å²) in [6, 6.07) is 23.1. The van der Waals surface area contributed by atoms with Crippen LogP contribution in [0.5, 0.6) is 17.2 Å². The molecule has 4 aromatic rings. The van der Waals surface area contributed by atoms with Crippen LogP contribution in [0, 0.1) is 0 Å². The van der Waals surface area contributed by atoms with E-state index in [0.717, 1.165) is 59.8 Å². The summed E-state index contributed by atoms with van der Waals surface area (Å²) in [4.78, 5) is 17.2. The number of unbranched alkanes of at least 4 members (excludes halogenated alkanes) is 2. The van der Waals surface area contributed by atoms with Gasteiger partial charge >= 0.3 is 0 Å². The van der Waals surface area contributed by atoms with Gasteiger partial charge in [-0.15, -0.1) is 0 Å². The number of aromatic nitrogens is 2. The van der Waals surface area contributed by atoms with E-state index in [9.17, 15) is 4.79 Å². The lowest BCUT2D eigenvalue weighted by Crippen LogP contribution is -2.24. The van der Waals surface area contributed by atoms with Gasteiger partial charge in [0.05, 0.1) is 31.3 Å². The molecule has 0 spiro atoms. The number of para-hydroxylation sites is 4. The number of ether oxygens (including phenoxy) is 3. The van der Waals surface area contributed by atoms with Crippen molar-refractivity contribution in [3.05, 3.63) is 84.2 Å². The number of benzene rings is 3. The Morgan fingerprint density at radius 2 is 1.62 bits per heavy atom. The van der Waals surface area contributed by atoms with Crippen molar-refractivity contribution < 1.29 is 19.0 Å². The molecule has 0 aliphatic rings. The highest BCUT2D eigenvalue weighted by Crippen LogP contribution is 2.26. The molecule has 194 valence electrons. The van der Waals surface area contributed by atoms with Crippen LogP contribution >= 0.6 is 0 Å². The number of rotatable bonds is 14. The lowest BCUT2D eigenvalue weighted by atomic mass is 10.1. The van der Waals surface area contributed by atoms with Crippen molar-refractivity contribution in [2.24, 2.45) is 0 Å². The molecule has 1 aromatic heterocycles. The summed E-state index contributed by atoms with van der Waals surface area (Å²) in [5.74, 6) is 3.26. The van der Waals surface area contributed by atoms with Gasteiger partial charge in [0, 0.05) is 18.5 Å². The lowest BCUT2D eigenvalue weighted by molar-refractivity contribution is 0.0953. The van der Waals surface area contributed by atoms with Crippen LogP contribution in [0.25, 0.3) is 11.0 Å². The average molecular weight is 502 g/mol. The zero-order chi connectivity index (χ0) is 25.9. The molecule has 7 nitrogen and oxygen atoms in total. The number of amides is 1. The Morgan fingerprint density at radius 1 is 0.892 bits per heavy atom. The van der Waals surface area contributed by atoms with Crippen molar-refractivity contribution in [2.75, 3.05) is 26.9 Å². The minimum Gasteiger partial charge on any atom is -0.497 e. The smallest absolute Gasteiger partial charge is 0.251 e. The molecule has 0 atom stereocenters. The van der Waals surface area contributed by atoms with E-state index in [4.69, 9.17) is 19.2 Å². The molecule has 7 heteroatoms. The van der Waals surface area contributed by atoms with Gasteiger partial charge in [0.15, 0.2) is 11.5 Å². The van der Waals surface area contributed by atoms with Crippen LogP contribution in [0.3, 0.4) is 0 Å². The van der Waals surface area contributed by atoms with E-state index in [0.29, 0.717) is 31.9 Å². The molecule has 0 radical (unpaired) electrons. The molecule has 4 rings (SSSR count). The van der Waals surface area contributed by atoms with Gasteiger partial charge < -0.3 is 24.1 Å². The molecule has 0 unspecified atom stereocenters. The standard InChI is InChI=1S/C30H35N3O4/c1-3-36-27-13-8-9-14-28(27)37-22-21-33-26-12-7-6-11-25(26)32-29(33)15-5-4-10-20-31-30(34)23-16-18-24(35-2)19-17-23/h6-9,11-14,16-19H,3-5,10,15,20-22H2,1-2H3,(H,31,34). The van der Waals surface area contributed by atoms with E-state index < -0.39 is 0 Å². The minimum absolute atomic E-state index is 0.0599. The summed E-state index contributed by atoms with van der Waals surface area (Å²) < 4.78 is 19.2. The molecule has 1 heterocycles. The van der Waals surface area contributed by atoms with Crippen molar-refractivity contribution in [1.29, 1.82) is 0 Å². The SMILES string of the molecule is CCOc1ccccc1OCCn1c(CCCCCNC(=O)c2ccc(OC)cc2)nc2ccccc21. The van der Waals surface area contributed by atoms with Crippen LogP contribution in [0.15, 0.2) is 72.8 Å². The summed E-state index contributed by atoms with van der Waals surface area (Å²) in [5, 5.41) is 3.00. The minimum atomic E-state index is -0.0599. The number of methoxy groups -OCH3 is 1. The summed E-state index contributed by atoms with van der Waals surface area (Å²) in [7, 11) is 1.61. The number of hydrogen-bond donors (Lipinski definition) is 1. The molecule has 0 saturated carbocycles. The molecule has 0 aliphatic heterocycles. The fraction of sp³-hybridized carbons (Fsp3) is 0.333. The fourth-order valence-electron chi connectivity index (χ4n) is 4.29. The van der Waals surface area contributed by atoms with Crippen molar-refractivity contribution in [3.63, 3.8) is 0 Å². The number of nitrogens with zero attached hydrogens (tertiary/aromatic N) is 2. The molecule has 1 N–H and O–H groups in total. The molecule has 1 amide bonds. The van der Waals surface area contributed by atoms with Crippen LogP contribution in [0.1, 0.15) is 42.4 Å². The normalized spacial score (nSPS) is 10.9. The maximum Gasteiger partial charge on any atom is 0.251 e. The second kappa shape index (κ2) is 13.3. The van der Waals surface area contributed by atoms with Crippen LogP contribution in [0.4, 0.5) is 0 Å². The third kappa shape index (κ3) is 7.03. The van der Waals surface area contributed by atoms with E-state index in [1.807, 2.05) is 43.3 Å². The second-order valence-electron chi connectivity index (χ2n) is 8.69. The molecule has 37 heavy (non-hydrogen) atoms. The Morgan fingerprint density at radius 3 is 2.38 bits per heavy atom. The van der Waals surface area contributed by atoms with Gasteiger partial charge in [-0.2, -0.15) is 0 Å². The Hall–Kier alpha value is -4.00. The van der Waals surface area contributed by atoms with Crippen LogP contribution in [0.2, 0.25) is 0 Å². The topological polar surface area (TPSA) is 74.6 Å². The number of aryl methyl sites for hydroxylation is 1. The van der Waals surface area contributed by atoms with Crippen molar-refractivity contribution in [1.82, 2.24) is 14.9 Å². The zero-order valence-corrected chi connectivity index (χ0v) is 21.6. The van der Waals surface area contributed by atoms with Gasteiger partial charge in [-0.3, -0.25) is 4.79 Å². The summed E-state index contributed by atoms with van der Waals surface area (Å²) >= 11 is 0. The first-order valence-corrected chi connectivity index (χ1v) is 12.9. The molecular formula is C30H35N3O4. The lowest BCUT2D eigenvalue weighted by Gasteiger charge is -2.13. The van der Waals surface area contributed by atoms with Gasteiger partial charge in [0.1, 0.15) is 18.2 Å².